The van der Waals surface area contributed by atoms with Gasteiger partial charge in [-0.25, -0.2) is 4.99 Å². The van der Waals surface area contributed by atoms with Gasteiger partial charge in [0.2, 0.25) is 0 Å². The molecule has 0 aromatic heterocycles. The molecule has 0 radical (unpaired) electrons. The molecule has 2 aliphatic rings. The third-order valence-electron chi connectivity index (χ3n) is 3.08. The number of benzene rings is 1. The topological polar surface area (TPSA) is 67.5 Å². The van der Waals surface area contributed by atoms with Crippen LogP contribution in [0.4, 0.5) is 0 Å². The number of carbonyl (C=O) groups is 1. The first kappa shape index (κ1) is 8.47. The summed E-state index contributed by atoms with van der Waals surface area (Å²) < 4.78 is 0. The highest BCUT2D eigenvalue weighted by Crippen LogP contribution is 2.34. The number of hydrogen-bond donors (Lipinski definition) is 2. The number of guanidine groups is 1. The number of nitrogens with zero attached hydrogens (tertiary/aromatic N) is 1. The second-order valence-corrected chi connectivity index (χ2v) is 4.11. The summed E-state index contributed by atoms with van der Waals surface area (Å²) in [5.74, 6) is 0.170. The Labute approximate surface area is 87.2 Å². The van der Waals surface area contributed by atoms with Gasteiger partial charge in [0.25, 0.3) is 5.91 Å². The number of nitrogens with one attached hydrogen (secondary N) is 1. The van der Waals surface area contributed by atoms with E-state index in [-0.39, 0.29) is 11.9 Å². The molecule has 0 bridgehead atoms. The van der Waals surface area contributed by atoms with E-state index < -0.39 is 5.54 Å². The molecule has 0 atom stereocenters. The molecule has 4 nitrogen and oxygen atoms in total. The molecule has 0 saturated carbocycles. The largest absolute Gasteiger partial charge is 0.370 e. The van der Waals surface area contributed by atoms with Crippen LogP contribution < -0.4 is 11.1 Å². The van der Waals surface area contributed by atoms with Crippen LogP contribution in [0.2, 0.25) is 0 Å². The van der Waals surface area contributed by atoms with Crippen molar-refractivity contribution in [3.05, 3.63) is 35.4 Å². The lowest BCUT2D eigenvalue weighted by Gasteiger charge is -2.14. The fourth-order valence-corrected chi connectivity index (χ4v) is 2.38. The van der Waals surface area contributed by atoms with E-state index in [4.69, 9.17) is 5.73 Å². The molecule has 0 unspecified atom stereocenters. The molecule has 1 heterocycles. The maximum Gasteiger partial charge on any atom is 0.255 e. The van der Waals surface area contributed by atoms with Crippen LogP contribution in [0.3, 0.4) is 0 Å². The Bertz CT molecular complexity index is 453. The van der Waals surface area contributed by atoms with E-state index in [1.54, 1.807) is 0 Å². The minimum absolute atomic E-state index is 0.0730. The number of rotatable bonds is 0. The van der Waals surface area contributed by atoms with Gasteiger partial charge in [0.15, 0.2) is 11.5 Å². The summed E-state index contributed by atoms with van der Waals surface area (Å²) in [6.45, 7) is 0. The van der Waals surface area contributed by atoms with Crippen molar-refractivity contribution in [3.63, 3.8) is 0 Å². The van der Waals surface area contributed by atoms with Crippen molar-refractivity contribution >= 4 is 11.9 Å². The van der Waals surface area contributed by atoms with Crippen LogP contribution in [0.5, 0.6) is 0 Å². The predicted molar refractivity (Wildman–Crippen MR) is 56.3 cm³/mol. The molecule has 1 aromatic rings. The van der Waals surface area contributed by atoms with Crippen LogP contribution >= 0.6 is 0 Å². The zero-order valence-electron chi connectivity index (χ0n) is 8.16. The highest BCUT2D eigenvalue weighted by Gasteiger charge is 2.47. The molecule has 15 heavy (non-hydrogen) atoms. The SMILES string of the molecule is NC1=NC2(Cc3ccccc3C2)C(=O)N1. The van der Waals surface area contributed by atoms with Gasteiger partial charge in [-0.05, 0) is 11.1 Å². The molecular weight excluding hydrogens is 190 g/mol. The number of aliphatic imine (C=N–C) groups is 1. The Morgan fingerprint density at radius 1 is 1.27 bits per heavy atom. The van der Waals surface area contributed by atoms with Gasteiger partial charge in [0.05, 0.1) is 0 Å². The standard InChI is InChI=1S/C11H11N3O/c12-10-13-9(15)11(14-10)5-7-3-1-2-4-8(7)6-11/h1-4H,5-6H2,(H3,12,13,14,15). The van der Waals surface area contributed by atoms with E-state index >= 15 is 0 Å². The van der Waals surface area contributed by atoms with Gasteiger partial charge in [-0.15, -0.1) is 0 Å². The quantitative estimate of drug-likeness (QED) is 0.619. The molecule has 0 fully saturated rings. The molecule has 1 aromatic carbocycles. The summed E-state index contributed by atoms with van der Waals surface area (Å²) >= 11 is 0. The maximum absolute atomic E-state index is 11.8. The van der Waals surface area contributed by atoms with Gasteiger partial charge in [-0.3, -0.25) is 10.1 Å². The van der Waals surface area contributed by atoms with Gasteiger partial charge in [0, 0.05) is 12.8 Å². The fraction of sp³-hybridized carbons (Fsp3) is 0.273. The van der Waals surface area contributed by atoms with E-state index in [0.29, 0.717) is 12.8 Å². The number of fused-ring (bicyclic) bond motifs is 1. The minimum Gasteiger partial charge on any atom is -0.370 e. The lowest BCUT2D eigenvalue weighted by molar-refractivity contribution is -0.123. The molecule has 3 rings (SSSR count). The first-order valence-corrected chi connectivity index (χ1v) is 4.93. The van der Waals surface area contributed by atoms with Crippen LogP contribution in [-0.2, 0) is 17.6 Å². The monoisotopic (exact) mass is 201 g/mol. The Morgan fingerprint density at radius 2 is 1.87 bits per heavy atom. The normalized spacial score (nSPS) is 21.3. The molecule has 0 saturated heterocycles. The minimum atomic E-state index is -0.659. The summed E-state index contributed by atoms with van der Waals surface area (Å²) in [6.07, 6.45) is 1.32. The average molecular weight is 201 g/mol. The lowest BCUT2D eigenvalue weighted by Crippen LogP contribution is -2.41. The van der Waals surface area contributed by atoms with Crippen molar-refractivity contribution in [2.75, 3.05) is 0 Å². The van der Waals surface area contributed by atoms with Gasteiger partial charge in [0.1, 0.15) is 0 Å². The third kappa shape index (κ3) is 1.08. The van der Waals surface area contributed by atoms with Crippen LogP contribution in [0.25, 0.3) is 0 Å². The summed E-state index contributed by atoms with van der Waals surface area (Å²) in [6, 6.07) is 8.05. The highest BCUT2D eigenvalue weighted by atomic mass is 16.2. The summed E-state index contributed by atoms with van der Waals surface area (Å²) in [4.78, 5) is 16.0. The molecule has 1 amide bonds. The van der Waals surface area contributed by atoms with Crippen molar-refractivity contribution in [1.29, 1.82) is 0 Å². The number of amides is 1. The van der Waals surface area contributed by atoms with Crippen molar-refractivity contribution in [1.82, 2.24) is 5.32 Å². The van der Waals surface area contributed by atoms with E-state index in [0.717, 1.165) is 0 Å². The third-order valence-corrected chi connectivity index (χ3v) is 3.08. The molecule has 4 heteroatoms. The Balaban J connectivity index is 2.05. The maximum atomic E-state index is 11.8. The van der Waals surface area contributed by atoms with Crippen LogP contribution in [-0.4, -0.2) is 17.4 Å². The van der Waals surface area contributed by atoms with Crippen molar-refractivity contribution in [3.8, 4) is 0 Å². The molecule has 1 aliphatic heterocycles. The molecule has 1 spiro atoms. The van der Waals surface area contributed by atoms with Crippen molar-refractivity contribution < 1.29 is 4.79 Å². The van der Waals surface area contributed by atoms with E-state index in [2.05, 4.69) is 10.3 Å². The van der Waals surface area contributed by atoms with E-state index in [9.17, 15) is 4.79 Å². The molecule has 76 valence electrons. The smallest absolute Gasteiger partial charge is 0.255 e. The van der Waals surface area contributed by atoms with Crippen LogP contribution in [0.1, 0.15) is 11.1 Å². The first-order valence-electron chi connectivity index (χ1n) is 4.93. The molecule has 3 N–H and O–H groups in total. The van der Waals surface area contributed by atoms with Gasteiger partial charge >= 0.3 is 0 Å². The number of nitrogens with two attached hydrogens (primary N) is 1. The number of carbonyl (C=O) groups excluding carboxylic acids is 1. The number of hydrogen-bond acceptors (Lipinski definition) is 3. The summed E-state index contributed by atoms with van der Waals surface area (Å²) in [7, 11) is 0. The Hall–Kier alpha value is -1.84. The highest BCUT2D eigenvalue weighted by molar-refractivity contribution is 6.07. The Kier molecular flexibility index (Phi) is 1.46. The zero-order valence-corrected chi connectivity index (χ0v) is 8.16. The Morgan fingerprint density at radius 3 is 2.33 bits per heavy atom. The summed E-state index contributed by atoms with van der Waals surface area (Å²) in [5, 5.41) is 2.57. The average Bonchev–Trinajstić information content (AvgIpc) is 2.67. The van der Waals surface area contributed by atoms with Crippen molar-refractivity contribution in [2.24, 2.45) is 10.7 Å². The second-order valence-electron chi connectivity index (χ2n) is 4.11. The predicted octanol–water partition coefficient (Wildman–Crippen LogP) is -0.0315. The second kappa shape index (κ2) is 2.59. The molecule has 1 aliphatic carbocycles. The van der Waals surface area contributed by atoms with Gasteiger partial charge in [-0.1, -0.05) is 24.3 Å². The fourth-order valence-electron chi connectivity index (χ4n) is 2.38. The van der Waals surface area contributed by atoms with Crippen LogP contribution in [0.15, 0.2) is 29.3 Å². The zero-order chi connectivity index (χ0) is 10.5. The van der Waals surface area contributed by atoms with Crippen LogP contribution in [0, 0.1) is 0 Å². The van der Waals surface area contributed by atoms with Gasteiger partial charge < -0.3 is 5.73 Å². The van der Waals surface area contributed by atoms with E-state index in [1.807, 2.05) is 24.3 Å². The van der Waals surface area contributed by atoms with E-state index in [1.165, 1.54) is 11.1 Å². The summed E-state index contributed by atoms with van der Waals surface area (Å²) in [5.41, 5.74) is 7.27. The van der Waals surface area contributed by atoms with Gasteiger partial charge in [-0.2, -0.15) is 0 Å². The lowest BCUT2D eigenvalue weighted by atomic mass is 9.97. The first-order chi connectivity index (χ1) is 7.20. The molecular formula is C11H11N3O. The van der Waals surface area contributed by atoms with Crippen molar-refractivity contribution in [2.45, 2.75) is 18.4 Å².